The molecule has 2 aromatic carbocycles. The number of ether oxygens (including phenoxy) is 6. The Balaban J connectivity index is 2.15. The molecule has 0 heterocycles. The van der Waals surface area contributed by atoms with Crippen LogP contribution in [-0.2, 0) is 0 Å². The minimum absolute atomic E-state index is 0.242. The van der Waals surface area contributed by atoms with E-state index in [-0.39, 0.29) is 45.7 Å². The van der Waals surface area contributed by atoms with Crippen molar-refractivity contribution in [2.24, 2.45) is 11.8 Å². The van der Waals surface area contributed by atoms with Gasteiger partial charge in [-0.3, -0.25) is 9.59 Å². The Labute approximate surface area is 454 Å². The second kappa shape index (κ2) is 41.7. The maximum Gasteiger partial charge on any atom is 0.204 e. The molecule has 0 radical (unpaired) electrons. The SMILES string of the molecule is CCCCCCCCCCOc1cc2c(c(OCC(CC)CC)c1OCCCCCCCCCC)C(=O)c1cc(OCCCCCCCCCC)c(OCCCCCCCCCC)c(OCC(CC)CC)c1C2=O. The molecule has 424 valence electrons. The number of ketones is 2. The number of carbonyl (C=O) groups excluding carboxylic acids is 2. The number of fused-ring (bicyclic) bond motifs is 2. The number of hydrogen-bond donors (Lipinski definition) is 0. The van der Waals surface area contributed by atoms with Crippen molar-refractivity contribution in [2.75, 3.05) is 39.6 Å². The van der Waals surface area contributed by atoms with Crippen LogP contribution in [0, 0.1) is 11.8 Å². The fourth-order valence-corrected chi connectivity index (χ4v) is 10.2. The lowest BCUT2D eigenvalue weighted by molar-refractivity contribution is 0.0966. The first-order valence-corrected chi connectivity index (χ1v) is 31.6. The van der Waals surface area contributed by atoms with Crippen molar-refractivity contribution in [3.05, 3.63) is 34.4 Å². The third-order valence-corrected chi connectivity index (χ3v) is 15.6. The van der Waals surface area contributed by atoms with Crippen LogP contribution in [-0.4, -0.2) is 51.2 Å². The molecule has 0 atom stereocenters. The monoisotopic (exact) mass is 1030 g/mol. The van der Waals surface area contributed by atoms with Crippen molar-refractivity contribution >= 4 is 11.6 Å². The van der Waals surface area contributed by atoms with Crippen molar-refractivity contribution in [2.45, 2.75) is 287 Å². The van der Waals surface area contributed by atoms with Gasteiger partial charge in [-0.2, -0.15) is 0 Å². The number of carbonyl (C=O) groups is 2. The summed E-state index contributed by atoms with van der Waals surface area (Å²) in [6, 6.07) is 3.55. The van der Waals surface area contributed by atoms with E-state index < -0.39 is 0 Å². The van der Waals surface area contributed by atoms with E-state index in [0.29, 0.717) is 74.1 Å². The quantitative estimate of drug-likeness (QED) is 0.0517. The topological polar surface area (TPSA) is 89.5 Å². The summed E-state index contributed by atoms with van der Waals surface area (Å²) in [6.45, 7) is 20.4. The fourth-order valence-electron chi connectivity index (χ4n) is 10.2. The van der Waals surface area contributed by atoms with E-state index in [1.165, 1.54) is 141 Å². The van der Waals surface area contributed by atoms with Gasteiger partial charge in [0, 0.05) is 11.1 Å². The van der Waals surface area contributed by atoms with Crippen LogP contribution in [0.4, 0.5) is 0 Å². The molecule has 1 aliphatic rings. The van der Waals surface area contributed by atoms with Gasteiger partial charge in [-0.25, -0.2) is 0 Å². The van der Waals surface area contributed by atoms with E-state index in [9.17, 15) is 0 Å². The zero-order valence-electron chi connectivity index (χ0n) is 49.3. The highest BCUT2D eigenvalue weighted by atomic mass is 16.5. The Bertz CT molecular complexity index is 1630. The second-order valence-corrected chi connectivity index (χ2v) is 21.8. The van der Waals surface area contributed by atoms with Gasteiger partial charge in [-0.15, -0.1) is 0 Å². The zero-order valence-corrected chi connectivity index (χ0v) is 49.3. The van der Waals surface area contributed by atoms with Crippen LogP contribution in [0.25, 0.3) is 0 Å². The second-order valence-electron chi connectivity index (χ2n) is 21.8. The van der Waals surface area contributed by atoms with Gasteiger partial charge in [0.25, 0.3) is 0 Å². The van der Waals surface area contributed by atoms with Crippen LogP contribution < -0.4 is 28.4 Å². The van der Waals surface area contributed by atoms with Crippen LogP contribution in [0.5, 0.6) is 34.5 Å². The highest BCUT2D eigenvalue weighted by Gasteiger charge is 2.41. The molecule has 2 aromatic rings. The Morgan fingerprint density at radius 1 is 0.297 bits per heavy atom. The van der Waals surface area contributed by atoms with Gasteiger partial charge < -0.3 is 28.4 Å². The predicted molar refractivity (Wildman–Crippen MR) is 311 cm³/mol. The lowest BCUT2D eigenvalue weighted by Crippen LogP contribution is -2.26. The molecule has 0 N–H and O–H groups in total. The molecule has 0 amide bonds. The third kappa shape index (κ3) is 23.9. The molecule has 0 saturated carbocycles. The molecule has 0 unspecified atom stereocenters. The molecule has 74 heavy (non-hydrogen) atoms. The summed E-state index contributed by atoms with van der Waals surface area (Å²) in [5.74, 6) is 2.37. The summed E-state index contributed by atoms with van der Waals surface area (Å²) >= 11 is 0. The lowest BCUT2D eigenvalue weighted by atomic mass is 9.82. The van der Waals surface area contributed by atoms with Crippen LogP contribution in [0.2, 0.25) is 0 Å². The van der Waals surface area contributed by atoms with Crippen LogP contribution in [0.1, 0.15) is 318 Å². The summed E-state index contributed by atoms with van der Waals surface area (Å²) in [7, 11) is 0. The molecule has 0 saturated heterocycles. The van der Waals surface area contributed by atoms with Gasteiger partial charge in [0.1, 0.15) is 0 Å². The number of rotatable bonds is 50. The Morgan fingerprint density at radius 3 is 0.797 bits per heavy atom. The van der Waals surface area contributed by atoms with Crippen LogP contribution >= 0.6 is 0 Å². The standard InChI is InChI=1S/C66H112O8/c1-9-17-21-25-29-33-37-41-45-69-57-49-55-59(65(73-51-53(13-5)14-6)63(57)71-47-43-39-35-31-27-23-19-11-3)62(68)56-50-58(70-46-42-38-34-30-26-22-18-10-2)64(72-48-44-40-36-32-28-24-20-12-4)66(60(56)61(55)67)74-52-54(15-7)16-8/h49-50,53-54H,9-48,51-52H2,1-8H3. The Hall–Kier alpha value is -3.42. The summed E-state index contributed by atoms with van der Waals surface area (Å²) in [4.78, 5) is 31.2. The van der Waals surface area contributed by atoms with Gasteiger partial charge in [-0.1, -0.05) is 261 Å². The summed E-state index contributed by atoms with van der Waals surface area (Å²) in [5, 5.41) is 0. The fraction of sp³-hybridized carbons (Fsp3) is 0.788. The summed E-state index contributed by atoms with van der Waals surface area (Å²) in [5.41, 5.74) is 1.01. The zero-order chi connectivity index (χ0) is 53.4. The molecule has 0 spiro atoms. The average molecular weight is 1030 g/mol. The van der Waals surface area contributed by atoms with Crippen LogP contribution in [0.3, 0.4) is 0 Å². The van der Waals surface area contributed by atoms with Crippen molar-refractivity contribution in [1.29, 1.82) is 0 Å². The molecular formula is C66H112O8. The molecule has 0 bridgehead atoms. The minimum Gasteiger partial charge on any atom is -0.490 e. The van der Waals surface area contributed by atoms with Gasteiger partial charge in [0.2, 0.25) is 11.5 Å². The number of hydrogen-bond acceptors (Lipinski definition) is 8. The first-order valence-electron chi connectivity index (χ1n) is 31.6. The molecule has 0 aromatic heterocycles. The van der Waals surface area contributed by atoms with E-state index in [1.54, 1.807) is 12.1 Å². The third-order valence-electron chi connectivity index (χ3n) is 15.6. The summed E-state index contributed by atoms with van der Waals surface area (Å²) in [6.07, 6.45) is 41.5. The normalized spacial score (nSPS) is 12.2. The molecule has 0 fully saturated rings. The van der Waals surface area contributed by atoms with Crippen molar-refractivity contribution in [3.63, 3.8) is 0 Å². The smallest absolute Gasteiger partial charge is 0.204 e. The van der Waals surface area contributed by atoms with Gasteiger partial charge in [-0.05, 0) is 49.7 Å². The van der Waals surface area contributed by atoms with Gasteiger partial charge >= 0.3 is 0 Å². The minimum atomic E-state index is -0.292. The highest BCUT2D eigenvalue weighted by Crippen LogP contribution is 2.51. The maximum absolute atomic E-state index is 15.6. The van der Waals surface area contributed by atoms with E-state index in [2.05, 4.69) is 55.4 Å². The molecular weight excluding hydrogens is 921 g/mol. The first kappa shape index (κ1) is 64.9. The molecule has 1 aliphatic carbocycles. The molecule has 3 rings (SSSR count). The number of benzene rings is 2. The van der Waals surface area contributed by atoms with Crippen molar-refractivity contribution in [1.82, 2.24) is 0 Å². The average Bonchev–Trinajstić information content (AvgIpc) is 3.41. The molecule has 8 nitrogen and oxygen atoms in total. The predicted octanol–water partition coefficient (Wildman–Crippen LogP) is 20.2. The van der Waals surface area contributed by atoms with Crippen molar-refractivity contribution < 1.29 is 38.0 Å². The highest BCUT2D eigenvalue weighted by molar-refractivity contribution is 6.31. The lowest BCUT2D eigenvalue weighted by Gasteiger charge is -2.28. The van der Waals surface area contributed by atoms with Crippen LogP contribution in [0.15, 0.2) is 12.1 Å². The van der Waals surface area contributed by atoms with E-state index in [4.69, 9.17) is 28.4 Å². The first-order chi connectivity index (χ1) is 36.3. The number of unbranched alkanes of at least 4 members (excludes halogenated alkanes) is 28. The van der Waals surface area contributed by atoms with Crippen molar-refractivity contribution in [3.8, 4) is 34.5 Å². The van der Waals surface area contributed by atoms with E-state index in [0.717, 1.165) is 89.9 Å². The van der Waals surface area contributed by atoms with Gasteiger partial charge in [0.15, 0.2) is 34.6 Å². The Kier molecular flexibility index (Phi) is 36.6. The maximum atomic E-state index is 15.6. The van der Waals surface area contributed by atoms with Gasteiger partial charge in [0.05, 0.1) is 50.8 Å². The van der Waals surface area contributed by atoms with E-state index >= 15 is 9.59 Å². The largest absolute Gasteiger partial charge is 0.490 e. The van der Waals surface area contributed by atoms with E-state index in [1.807, 2.05) is 0 Å². The molecule has 0 aliphatic heterocycles. The molecule has 8 heteroatoms. The summed E-state index contributed by atoms with van der Waals surface area (Å²) < 4.78 is 40.6. The Morgan fingerprint density at radius 2 is 0.541 bits per heavy atom.